The molecule has 6 aliphatic rings. The van der Waals surface area contributed by atoms with Crippen LogP contribution in [0.2, 0.25) is 0 Å². The SMILES string of the molecule is CC1CCN(C(=O)c2cc(NC(=O)NC34CC5CC(CC(C5)C3)C4)ccc2N2CCCCC2)CC1. The first-order valence-electron chi connectivity index (χ1n) is 14.2. The van der Waals surface area contributed by atoms with Gasteiger partial charge >= 0.3 is 6.03 Å². The van der Waals surface area contributed by atoms with E-state index in [9.17, 15) is 9.59 Å². The summed E-state index contributed by atoms with van der Waals surface area (Å²) in [4.78, 5) is 31.2. The van der Waals surface area contributed by atoms with E-state index in [-0.39, 0.29) is 17.5 Å². The molecule has 2 heterocycles. The van der Waals surface area contributed by atoms with Crippen molar-refractivity contribution in [2.75, 3.05) is 36.4 Å². The highest BCUT2D eigenvalue weighted by Gasteiger charge is 2.51. The van der Waals surface area contributed by atoms with Gasteiger partial charge < -0.3 is 20.4 Å². The van der Waals surface area contributed by atoms with Crippen LogP contribution in [0.15, 0.2) is 18.2 Å². The molecule has 2 N–H and O–H groups in total. The number of rotatable bonds is 4. The maximum Gasteiger partial charge on any atom is 0.319 e. The third-order valence-electron chi connectivity index (χ3n) is 9.67. The number of benzene rings is 1. The molecule has 0 unspecified atom stereocenters. The molecule has 0 radical (unpaired) electrons. The summed E-state index contributed by atoms with van der Waals surface area (Å²) < 4.78 is 0. The lowest BCUT2D eigenvalue weighted by atomic mass is 9.53. The lowest BCUT2D eigenvalue weighted by molar-refractivity contribution is -0.0127. The van der Waals surface area contributed by atoms with Gasteiger partial charge in [0.25, 0.3) is 5.91 Å². The van der Waals surface area contributed by atoms with Crippen LogP contribution < -0.4 is 15.5 Å². The molecule has 3 amide bonds. The summed E-state index contributed by atoms with van der Waals surface area (Å²) in [5, 5.41) is 6.53. The van der Waals surface area contributed by atoms with Crippen LogP contribution in [0.25, 0.3) is 0 Å². The zero-order valence-electron chi connectivity index (χ0n) is 21.4. The number of likely N-dealkylation sites (tertiary alicyclic amines) is 1. The van der Waals surface area contributed by atoms with Crippen molar-refractivity contribution in [1.82, 2.24) is 10.2 Å². The van der Waals surface area contributed by atoms with Crippen LogP contribution in [0, 0.1) is 23.7 Å². The van der Waals surface area contributed by atoms with Gasteiger partial charge in [0.1, 0.15) is 0 Å². The van der Waals surface area contributed by atoms with Crippen molar-refractivity contribution in [2.24, 2.45) is 23.7 Å². The van der Waals surface area contributed by atoms with Gasteiger partial charge in [0, 0.05) is 43.1 Å². The van der Waals surface area contributed by atoms with E-state index in [2.05, 4.69) is 28.5 Å². The first-order chi connectivity index (χ1) is 17.0. The fourth-order valence-electron chi connectivity index (χ4n) is 8.24. The van der Waals surface area contributed by atoms with Crippen molar-refractivity contribution >= 4 is 23.3 Å². The van der Waals surface area contributed by atoms with E-state index >= 15 is 0 Å². The molecule has 6 fully saturated rings. The quantitative estimate of drug-likeness (QED) is 0.589. The molecule has 0 aromatic heterocycles. The normalized spacial score (nSPS) is 32.5. The van der Waals surface area contributed by atoms with Crippen molar-refractivity contribution in [2.45, 2.75) is 83.1 Å². The molecule has 2 saturated heterocycles. The average molecular weight is 479 g/mol. The molecule has 7 rings (SSSR count). The molecule has 1 aromatic carbocycles. The molecule has 0 atom stereocenters. The second-order valence-electron chi connectivity index (χ2n) is 12.5. The van der Waals surface area contributed by atoms with Crippen LogP contribution in [0.1, 0.15) is 87.9 Å². The lowest BCUT2D eigenvalue weighted by Gasteiger charge is -2.56. The molecule has 4 saturated carbocycles. The fourth-order valence-corrected chi connectivity index (χ4v) is 8.24. The van der Waals surface area contributed by atoms with Gasteiger partial charge in [0.05, 0.1) is 5.56 Å². The second-order valence-corrected chi connectivity index (χ2v) is 12.5. The Bertz CT molecular complexity index is 926. The summed E-state index contributed by atoms with van der Waals surface area (Å²) in [7, 11) is 0. The third-order valence-corrected chi connectivity index (χ3v) is 9.67. The monoisotopic (exact) mass is 478 g/mol. The summed E-state index contributed by atoms with van der Waals surface area (Å²) in [6.45, 7) is 5.91. The van der Waals surface area contributed by atoms with Gasteiger partial charge in [-0.05, 0) is 112 Å². The van der Waals surface area contributed by atoms with Crippen LogP contribution in [-0.2, 0) is 0 Å². The molecule has 190 valence electrons. The topological polar surface area (TPSA) is 64.7 Å². The van der Waals surface area contributed by atoms with Crippen LogP contribution in [0.3, 0.4) is 0 Å². The van der Waals surface area contributed by atoms with E-state index in [1.54, 1.807) is 0 Å². The number of hydrogen-bond donors (Lipinski definition) is 2. The fraction of sp³-hybridized carbons (Fsp3) is 0.724. The van der Waals surface area contributed by atoms with E-state index in [1.807, 2.05) is 17.0 Å². The van der Waals surface area contributed by atoms with Crippen molar-refractivity contribution in [3.8, 4) is 0 Å². The minimum Gasteiger partial charge on any atom is -0.371 e. The molecule has 6 heteroatoms. The van der Waals surface area contributed by atoms with Crippen molar-refractivity contribution in [3.63, 3.8) is 0 Å². The smallest absolute Gasteiger partial charge is 0.319 e. The number of nitrogens with one attached hydrogen (secondary N) is 2. The van der Waals surface area contributed by atoms with Crippen LogP contribution in [0.4, 0.5) is 16.2 Å². The van der Waals surface area contributed by atoms with Crippen LogP contribution >= 0.6 is 0 Å². The zero-order valence-corrected chi connectivity index (χ0v) is 21.4. The van der Waals surface area contributed by atoms with Gasteiger partial charge in [0.15, 0.2) is 0 Å². The molecule has 4 bridgehead atoms. The van der Waals surface area contributed by atoms with Crippen molar-refractivity contribution in [3.05, 3.63) is 23.8 Å². The highest BCUT2D eigenvalue weighted by Crippen LogP contribution is 2.55. The Morgan fingerprint density at radius 3 is 2.14 bits per heavy atom. The Balaban J connectivity index is 1.20. The number of carbonyl (C=O) groups is 2. The summed E-state index contributed by atoms with van der Waals surface area (Å²) in [6, 6.07) is 5.87. The van der Waals surface area contributed by atoms with Crippen LogP contribution in [-0.4, -0.2) is 48.6 Å². The molecule has 2 aliphatic heterocycles. The molecule has 35 heavy (non-hydrogen) atoms. The third kappa shape index (κ3) is 4.77. The molecule has 0 spiro atoms. The van der Waals surface area contributed by atoms with Gasteiger partial charge in [-0.3, -0.25) is 4.79 Å². The molecular formula is C29H42N4O2. The van der Waals surface area contributed by atoms with Crippen molar-refractivity contribution in [1.29, 1.82) is 0 Å². The summed E-state index contributed by atoms with van der Waals surface area (Å²) in [6.07, 6.45) is 13.2. The molecule has 1 aromatic rings. The number of urea groups is 1. The molecular weight excluding hydrogens is 436 g/mol. The zero-order chi connectivity index (χ0) is 24.0. The number of piperidine rings is 2. The van der Waals surface area contributed by atoms with Gasteiger partial charge in [-0.1, -0.05) is 6.92 Å². The highest BCUT2D eigenvalue weighted by molar-refractivity contribution is 6.02. The minimum absolute atomic E-state index is 0.0181. The van der Waals surface area contributed by atoms with Gasteiger partial charge in [0.2, 0.25) is 0 Å². The Labute approximate surface area is 210 Å². The average Bonchev–Trinajstić information content (AvgIpc) is 2.83. The largest absolute Gasteiger partial charge is 0.371 e. The van der Waals surface area contributed by atoms with Crippen molar-refractivity contribution < 1.29 is 9.59 Å². The van der Waals surface area contributed by atoms with E-state index in [4.69, 9.17) is 0 Å². The summed E-state index contributed by atoms with van der Waals surface area (Å²) in [5.41, 5.74) is 2.48. The van der Waals surface area contributed by atoms with Gasteiger partial charge in [-0.15, -0.1) is 0 Å². The maximum absolute atomic E-state index is 13.7. The van der Waals surface area contributed by atoms with Gasteiger partial charge in [-0.2, -0.15) is 0 Å². The lowest BCUT2D eigenvalue weighted by Crippen LogP contribution is -2.60. The van der Waals surface area contributed by atoms with E-state index in [1.165, 1.54) is 38.5 Å². The maximum atomic E-state index is 13.7. The number of nitrogens with zero attached hydrogens (tertiary/aromatic N) is 2. The van der Waals surface area contributed by atoms with Crippen LogP contribution in [0.5, 0.6) is 0 Å². The Kier molecular flexibility index (Phi) is 6.18. The predicted molar refractivity (Wildman–Crippen MR) is 140 cm³/mol. The molecule has 4 aliphatic carbocycles. The van der Waals surface area contributed by atoms with E-state index < -0.39 is 0 Å². The minimum atomic E-state index is -0.108. The number of carbonyl (C=O) groups excluding carboxylic acids is 2. The Morgan fingerprint density at radius 2 is 1.51 bits per heavy atom. The number of anilines is 2. The standard InChI is InChI=1S/C29H42N4O2/c1-20-7-11-33(12-8-20)27(34)25-16-24(5-6-26(25)32-9-3-2-4-10-32)30-28(35)31-29-17-21-13-22(18-29)15-23(14-21)19-29/h5-6,16,20-23H,2-4,7-15,17-19H2,1H3,(H2,30,31,35). The second kappa shape index (κ2) is 9.33. The Hall–Kier alpha value is -2.24. The summed E-state index contributed by atoms with van der Waals surface area (Å²) in [5.74, 6) is 3.18. The highest BCUT2D eigenvalue weighted by atomic mass is 16.2. The number of amides is 3. The Morgan fingerprint density at radius 1 is 0.886 bits per heavy atom. The van der Waals surface area contributed by atoms with E-state index in [0.717, 1.165) is 93.0 Å². The summed E-state index contributed by atoms with van der Waals surface area (Å²) >= 11 is 0. The van der Waals surface area contributed by atoms with Gasteiger partial charge in [-0.25, -0.2) is 4.79 Å². The predicted octanol–water partition coefficient (Wildman–Crippen LogP) is 5.64. The number of hydrogen-bond acceptors (Lipinski definition) is 3. The molecule has 6 nitrogen and oxygen atoms in total. The van der Waals surface area contributed by atoms with E-state index in [0.29, 0.717) is 5.92 Å². The first kappa shape index (κ1) is 23.2. The first-order valence-corrected chi connectivity index (χ1v) is 14.2.